The van der Waals surface area contributed by atoms with E-state index in [0.29, 0.717) is 6.54 Å². The largest absolute Gasteiger partial charge is 0.338 e. The first kappa shape index (κ1) is 18.0. The number of carbonyl (C=O) groups is 2. The average molecular weight is 317 g/mol. The van der Waals surface area contributed by atoms with Crippen molar-refractivity contribution >= 4 is 11.9 Å². The van der Waals surface area contributed by atoms with E-state index in [4.69, 9.17) is 0 Å². The molecule has 124 valence electrons. The molecule has 0 saturated heterocycles. The second kappa shape index (κ2) is 9.08. The van der Waals surface area contributed by atoms with Gasteiger partial charge in [0.2, 0.25) is 5.91 Å². The van der Waals surface area contributed by atoms with E-state index in [1.54, 1.807) is 7.05 Å². The number of halogens is 2. The van der Waals surface area contributed by atoms with E-state index in [2.05, 4.69) is 15.6 Å². The third-order valence-electron chi connectivity index (χ3n) is 2.85. The Morgan fingerprint density at radius 2 is 2.18 bits per heavy atom. The van der Waals surface area contributed by atoms with Gasteiger partial charge in [-0.15, -0.1) is 0 Å². The summed E-state index contributed by atoms with van der Waals surface area (Å²) < 4.78 is 26.1. The van der Waals surface area contributed by atoms with Crippen LogP contribution >= 0.6 is 0 Å². The van der Waals surface area contributed by atoms with Gasteiger partial charge >= 0.3 is 12.6 Å². The molecule has 9 heteroatoms. The quantitative estimate of drug-likeness (QED) is 0.709. The maximum atomic E-state index is 12.7. The number of nitrogens with zero attached hydrogens (tertiary/aromatic N) is 3. The van der Waals surface area contributed by atoms with Crippen LogP contribution in [0.3, 0.4) is 0 Å². The van der Waals surface area contributed by atoms with Gasteiger partial charge < -0.3 is 5.32 Å². The van der Waals surface area contributed by atoms with E-state index < -0.39 is 18.5 Å². The minimum absolute atomic E-state index is 0.0716. The zero-order chi connectivity index (χ0) is 16.5. The van der Waals surface area contributed by atoms with Crippen LogP contribution in [0.15, 0.2) is 12.4 Å². The first-order valence-corrected chi connectivity index (χ1v) is 7.00. The molecule has 0 aliphatic rings. The van der Waals surface area contributed by atoms with Gasteiger partial charge in [0.25, 0.3) is 0 Å². The second-order valence-corrected chi connectivity index (χ2v) is 4.86. The molecule has 7 nitrogen and oxygen atoms in total. The van der Waals surface area contributed by atoms with Crippen LogP contribution in [-0.4, -0.2) is 46.5 Å². The number of urea groups is 1. The molecule has 22 heavy (non-hydrogen) atoms. The number of imidazole rings is 1. The van der Waals surface area contributed by atoms with Crippen molar-refractivity contribution in [2.45, 2.75) is 32.9 Å². The molecule has 1 aromatic rings. The molecular weight excluding hydrogens is 296 g/mol. The van der Waals surface area contributed by atoms with Crippen LogP contribution in [0.4, 0.5) is 13.6 Å². The number of imide groups is 1. The molecule has 1 aromatic heterocycles. The van der Waals surface area contributed by atoms with Gasteiger partial charge in [0.1, 0.15) is 5.82 Å². The smallest absolute Gasteiger partial charge is 0.321 e. The summed E-state index contributed by atoms with van der Waals surface area (Å²) in [5.74, 6) is -0.357. The predicted octanol–water partition coefficient (Wildman–Crippen LogP) is 1.34. The predicted molar refractivity (Wildman–Crippen MR) is 76.3 cm³/mol. The summed E-state index contributed by atoms with van der Waals surface area (Å²) in [5.41, 5.74) is 0. The number of aromatic nitrogens is 2. The number of rotatable bonds is 8. The Labute approximate surface area is 127 Å². The molecular formula is C13H21F2N5O2. The Kier molecular flexibility index (Phi) is 7.44. The molecule has 0 spiro atoms. The number of likely N-dealkylation sites (N-methyl/N-ethyl adjacent to an activating group) is 1. The third-order valence-corrected chi connectivity index (χ3v) is 2.85. The number of alkyl halides is 2. The Balaban J connectivity index is 2.38. The molecule has 0 aliphatic carbocycles. The lowest BCUT2D eigenvalue weighted by atomic mass is 10.3. The number of unbranched alkanes of at least 4 members (excludes halogenated alkanes) is 1. The molecule has 3 amide bonds. The minimum Gasteiger partial charge on any atom is -0.338 e. The van der Waals surface area contributed by atoms with Crippen molar-refractivity contribution in [3.8, 4) is 0 Å². The van der Waals surface area contributed by atoms with Crippen LogP contribution in [0.2, 0.25) is 0 Å². The molecule has 0 aromatic carbocycles. The molecule has 2 N–H and O–H groups in total. The highest BCUT2D eigenvalue weighted by atomic mass is 19.3. The summed E-state index contributed by atoms with van der Waals surface area (Å²) in [6.45, 7) is -0.219. The number of hydrogen-bond acceptors (Lipinski definition) is 4. The summed E-state index contributed by atoms with van der Waals surface area (Å²) in [6, 6.07) is -0.555. The van der Waals surface area contributed by atoms with Gasteiger partial charge in [-0.3, -0.25) is 19.6 Å². The van der Waals surface area contributed by atoms with Crippen LogP contribution in [0, 0.1) is 0 Å². The van der Waals surface area contributed by atoms with Crippen LogP contribution in [0.1, 0.15) is 32.1 Å². The topological polar surface area (TPSA) is 79.3 Å². The van der Waals surface area contributed by atoms with Crippen molar-refractivity contribution < 1.29 is 18.4 Å². The van der Waals surface area contributed by atoms with Gasteiger partial charge in [0.15, 0.2) is 0 Å². The van der Waals surface area contributed by atoms with Crippen LogP contribution in [-0.2, 0) is 11.3 Å². The molecule has 0 unspecified atom stereocenters. The van der Waals surface area contributed by atoms with Gasteiger partial charge in [0, 0.05) is 18.9 Å². The molecule has 0 bridgehead atoms. The van der Waals surface area contributed by atoms with Crippen molar-refractivity contribution in [3.05, 3.63) is 18.2 Å². The van der Waals surface area contributed by atoms with Gasteiger partial charge in [0.05, 0.1) is 13.1 Å². The van der Waals surface area contributed by atoms with E-state index in [1.807, 2.05) is 6.92 Å². The molecule has 0 saturated carbocycles. The van der Waals surface area contributed by atoms with Crippen molar-refractivity contribution in [3.63, 3.8) is 0 Å². The lowest BCUT2D eigenvalue weighted by molar-refractivity contribution is -0.121. The van der Waals surface area contributed by atoms with Crippen molar-refractivity contribution in [1.82, 2.24) is 25.1 Å². The van der Waals surface area contributed by atoms with E-state index in [-0.39, 0.29) is 18.9 Å². The zero-order valence-corrected chi connectivity index (χ0v) is 12.7. The number of amides is 3. The van der Waals surface area contributed by atoms with Gasteiger partial charge in [-0.1, -0.05) is 13.3 Å². The van der Waals surface area contributed by atoms with Gasteiger partial charge in [-0.2, -0.15) is 8.78 Å². The summed E-state index contributed by atoms with van der Waals surface area (Å²) >= 11 is 0. The second-order valence-electron chi connectivity index (χ2n) is 4.86. The first-order chi connectivity index (χ1) is 10.4. The van der Waals surface area contributed by atoms with E-state index >= 15 is 0 Å². The summed E-state index contributed by atoms with van der Waals surface area (Å²) in [4.78, 5) is 28.4. The Morgan fingerprint density at radius 3 is 2.82 bits per heavy atom. The van der Waals surface area contributed by atoms with Gasteiger partial charge in [-0.05, 0) is 13.5 Å². The summed E-state index contributed by atoms with van der Waals surface area (Å²) in [7, 11) is 1.58. The first-order valence-electron chi connectivity index (χ1n) is 7.00. The molecule has 1 rings (SSSR count). The highest BCUT2D eigenvalue weighted by Crippen LogP contribution is 2.13. The average Bonchev–Trinajstić information content (AvgIpc) is 2.86. The molecule has 0 fully saturated rings. The lowest BCUT2D eigenvalue weighted by Crippen LogP contribution is -2.44. The zero-order valence-electron chi connectivity index (χ0n) is 12.7. The van der Waals surface area contributed by atoms with Crippen molar-refractivity contribution in [2.75, 3.05) is 20.1 Å². The number of hydrogen-bond donors (Lipinski definition) is 2. The fraction of sp³-hybridized carbons (Fsp3) is 0.615. The summed E-state index contributed by atoms with van der Waals surface area (Å²) in [6.07, 6.45) is 4.22. The SMILES string of the molecule is CCCCNC(=O)NC(=O)CN(C)Cc1nccn1C(F)F. The fourth-order valence-corrected chi connectivity index (χ4v) is 1.78. The van der Waals surface area contributed by atoms with E-state index in [9.17, 15) is 18.4 Å². The summed E-state index contributed by atoms with van der Waals surface area (Å²) in [5, 5.41) is 4.73. The highest BCUT2D eigenvalue weighted by molar-refractivity contribution is 5.95. The standard InChI is InChI=1S/C13H21F2N5O2/c1-3-4-5-17-13(22)18-11(21)9-19(2)8-10-16-6-7-20(10)12(14)15/h6-7,12H,3-5,8-9H2,1-2H3,(H2,17,18,21,22). The monoisotopic (exact) mass is 317 g/mol. The molecule has 0 radical (unpaired) electrons. The van der Waals surface area contributed by atoms with E-state index in [0.717, 1.165) is 17.4 Å². The normalized spacial score (nSPS) is 11.0. The Hall–Kier alpha value is -2.03. The number of carbonyl (C=O) groups excluding carboxylic acids is 2. The number of nitrogens with one attached hydrogen (secondary N) is 2. The van der Waals surface area contributed by atoms with Crippen LogP contribution in [0.5, 0.6) is 0 Å². The lowest BCUT2D eigenvalue weighted by Gasteiger charge is -2.16. The maximum Gasteiger partial charge on any atom is 0.321 e. The Morgan fingerprint density at radius 1 is 1.45 bits per heavy atom. The third kappa shape index (κ3) is 6.17. The van der Waals surface area contributed by atoms with Crippen LogP contribution < -0.4 is 10.6 Å². The van der Waals surface area contributed by atoms with Crippen molar-refractivity contribution in [1.29, 1.82) is 0 Å². The maximum absolute atomic E-state index is 12.7. The van der Waals surface area contributed by atoms with Crippen molar-refractivity contribution in [2.24, 2.45) is 0 Å². The Bertz CT molecular complexity index is 493. The molecule has 1 heterocycles. The molecule has 0 aliphatic heterocycles. The van der Waals surface area contributed by atoms with Gasteiger partial charge in [-0.25, -0.2) is 9.78 Å². The minimum atomic E-state index is -2.68. The van der Waals surface area contributed by atoms with Crippen LogP contribution in [0.25, 0.3) is 0 Å². The fourth-order valence-electron chi connectivity index (χ4n) is 1.78. The molecule has 0 atom stereocenters. The highest BCUT2D eigenvalue weighted by Gasteiger charge is 2.15. The van der Waals surface area contributed by atoms with E-state index in [1.165, 1.54) is 17.3 Å².